The number of epoxide rings is 1. The molecule has 122 valence electrons. The van der Waals surface area contributed by atoms with Crippen molar-refractivity contribution < 1.29 is 14.3 Å². The van der Waals surface area contributed by atoms with Crippen LogP contribution in [-0.2, 0) is 15.9 Å². The van der Waals surface area contributed by atoms with Gasteiger partial charge in [-0.05, 0) is 51.0 Å². The van der Waals surface area contributed by atoms with Crippen molar-refractivity contribution in [3.05, 3.63) is 42.1 Å². The summed E-state index contributed by atoms with van der Waals surface area (Å²) < 4.78 is 10.7. The van der Waals surface area contributed by atoms with E-state index in [0.29, 0.717) is 13.0 Å². The number of hydrogen-bond donors (Lipinski definition) is 1. The van der Waals surface area contributed by atoms with Crippen molar-refractivity contribution in [2.24, 2.45) is 0 Å². The maximum atomic E-state index is 12.0. The van der Waals surface area contributed by atoms with Gasteiger partial charge < -0.3 is 14.8 Å². The first-order valence-electron chi connectivity index (χ1n) is 7.85. The van der Waals surface area contributed by atoms with Gasteiger partial charge in [-0.25, -0.2) is 4.79 Å². The van der Waals surface area contributed by atoms with Gasteiger partial charge in [0.25, 0.3) is 0 Å². The standard InChI is InChI=1S/C18H22N2O3/c1-18(2,3)23-17(21)20-15(16-11-22-16)10-12-6-7-14-13(9-12)5-4-8-19-14/h4-9,15-16H,10-11H2,1-3H3,(H,20,21)/t15-,16+/m0/s1. The summed E-state index contributed by atoms with van der Waals surface area (Å²) in [6, 6.07) is 10.0. The molecule has 0 radical (unpaired) electrons. The van der Waals surface area contributed by atoms with Crippen LogP contribution in [0.1, 0.15) is 26.3 Å². The van der Waals surface area contributed by atoms with Crippen LogP contribution in [0.25, 0.3) is 10.9 Å². The first kappa shape index (κ1) is 15.7. The molecule has 2 atom stereocenters. The van der Waals surface area contributed by atoms with E-state index in [4.69, 9.17) is 9.47 Å². The molecule has 1 aromatic carbocycles. The number of fused-ring (bicyclic) bond motifs is 1. The van der Waals surface area contributed by atoms with Crippen LogP contribution in [0.15, 0.2) is 36.5 Å². The van der Waals surface area contributed by atoms with Crippen molar-refractivity contribution in [2.45, 2.75) is 44.9 Å². The number of ether oxygens (including phenoxy) is 2. The number of aromatic nitrogens is 1. The second kappa shape index (κ2) is 6.16. The van der Waals surface area contributed by atoms with Crippen LogP contribution in [0.2, 0.25) is 0 Å². The van der Waals surface area contributed by atoms with Crippen molar-refractivity contribution in [3.8, 4) is 0 Å². The lowest BCUT2D eigenvalue weighted by molar-refractivity contribution is 0.0495. The summed E-state index contributed by atoms with van der Waals surface area (Å²) in [6.45, 7) is 6.23. The van der Waals surface area contributed by atoms with Gasteiger partial charge in [0.1, 0.15) is 11.7 Å². The second-order valence-electron chi connectivity index (χ2n) is 6.86. The van der Waals surface area contributed by atoms with E-state index in [1.54, 1.807) is 6.20 Å². The highest BCUT2D eigenvalue weighted by Gasteiger charge is 2.35. The van der Waals surface area contributed by atoms with Crippen molar-refractivity contribution >= 4 is 17.0 Å². The molecule has 0 saturated carbocycles. The Bertz CT molecular complexity index is 705. The summed E-state index contributed by atoms with van der Waals surface area (Å²) in [4.78, 5) is 16.3. The molecule has 5 nitrogen and oxygen atoms in total. The van der Waals surface area contributed by atoms with Crippen molar-refractivity contribution in [1.29, 1.82) is 0 Å². The van der Waals surface area contributed by atoms with Crippen LogP contribution in [0.4, 0.5) is 4.79 Å². The highest BCUT2D eigenvalue weighted by atomic mass is 16.6. The highest BCUT2D eigenvalue weighted by molar-refractivity contribution is 5.79. The van der Waals surface area contributed by atoms with Gasteiger partial charge in [-0.3, -0.25) is 4.98 Å². The number of carbonyl (C=O) groups excluding carboxylic acids is 1. The number of benzene rings is 1. The van der Waals surface area contributed by atoms with Gasteiger partial charge in [0.15, 0.2) is 0 Å². The van der Waals surface area contributed by atoms with Crippen molar-refractivity contribution in [3.63, 3.8) is 0 Å². The number of nitrogens with zero attached hydrogens (tertiary/aromatic N) is 1. The minimum absolute atomic E-state index is 0.0621. The highest BCUT2D eigenvalue weighted by Crippen LogP contribution is 2.21. The smallest absolute Gasteiger partial charge is 0.407 e. The summed E-state index contributed by atoms with van der Waals surface area (Å²) >= 11 is 0. The zero-order valence-corrected chi connectivity index (χ0v) is 13.7. The first-order chi connectivity index (χ1) is 10.9. The fourth-order valence-corrected chi connectivity index (χ4v) is 2.53. The van der Waals surface area contributed by atoms with E-state index < -0.39 is 11.7 Å². The van der Waals surface area contributed by atoms with E-state index in [1.165, 1.54) is 0 Å². The molecule has 0 bridgehead atoms. The van der Waals surface area contributed by atoms with Gasteiger partial charge in [0.2, 0.25) is 0 Å². The van der Waals surface area contributed by atoms with E-state index in [0.717, 1.165) is 16.5 Å². The van der Waals surface area contributed by atoms with Gasteiger partial charge in [-0.2, -0.15) is 0 Å². The fraction of sp³-hybridized carbons (Fsp3) is 0.444. The first-order valence-corrected chi connectivity index (χ1v) is 7.85. The zero-order valence-electron chi connectivity index (χ0n) is 13.7. The van der Waals surface area contributed by atoms with Crippen LogP contribution < -0.4 is 5.32 Å². The topological polar surface area (TPSA) is 63.8 Å². The molecular weight excluding hydrogens is 292 g/mol. The third-order valence-electron chi connectivity index (χ3n) is 3.63. The predicted molar refractivity (Wildman–Crippen MR) is 88.3 cm³/mol. The number of rotatable bonds is 4. The zero-order chi connectivity index (χ0) is 16.4. The van der Waals surface area contributed by atoms with Crippen LogP contribution in [0, 0.1) is 0 Å². The summed E-state index contributed by atoms with van der Waals surface area (Å²) in [5.41, 5.74) is 1.60. The molecule has 1 amide bonds. The maximum absolute atomic E-state index is 12.0. The molecule has 2 aromatic rings. The lowest BCUT2D eigenvalue weighted by Gasteiger charge is -2.23. The Balaban J connectivity index is 1.70. The third kappa shape index (κ3) is 4.42. The van der Waals surface area contributed by atoms with E-state index in [-0.39, 0.29) is 12.1 Å². The Morgan fingerprint density at radius 1 is 1.43 bits per heavy atom. The van der Waals surface area contributed by atoms with Crippen molar-refractivity contribution in [1.82, 2.24) is 10.3 Å². The van der Waals surface area contributed by atoms with Gasteiger partial charge in [0, 0.05) is 11.6 Å². The second-order valence-corrected chi connectivity index (χ2v) is 6.86. The summed E-state index contributed by atoms with van der Waals surface area (Å²) in [7, 11) is 0. The van der Waals surface area contributed by atoms with Crippen LogP contribution in [-0.4, -0.2) is 35.4 Å². The Morgan fingerprint density at radius 3 is 2.91 bits per heavy atom. The lowest BCUT2D eigenvalue weighted by atomic mass is 10.0. The minimum Gasteiger partial charge on any atom is -0.444 e. The molecule has 1 aliphatic heterocycles. The Labute approximate surface area is 136 Å². The molecule has 3 rings (SSSR count). The molecule has 1 aromatic heterocycles. The van der Waals surface area contributed by atoms with Gasteiger partial charge >= 0.3 is 6.09 Å². The van der Waals surface area contributed by atoms with Gasteiger partial charge in [0.05, 0.1) is 18.2 Å². The number of carbonyl (C=O) groups is 1. The van der Waals surface area contributed by atoms with Crippen LogP contribution in [0.3, 0.4) is 0 Å². The molecule has 0 aliphatic carbocycles. The fourth-order valence-electron chi connectivity index (χ4n) is 2.53. The molecule has 1 saturated heterocycles. The molecule has 0 spiro atoms. The monoisotopic (exact) mass is 314 g/mol. The summed E-state index contributed by atoms with van der Waals surface area (Å²) in [5, 5.41) is 4.03. The molecule has 5 heteroatoms. The number of amides is 1. The van der Waals surface area contributed by atoms with Gasteiger partial charge in [-0.15, -0.1) is 0 Å². The number of alkyl carbamates (subject to hydrolysis) is 1. The average molecular weight is 314 g/mol. The SMILES string of the molecule is CC(C)(C)OC(=O)N[C@@H](Cc1ccc2ncccc2c1)[C@H]1CO1. The largest absolute Gasteiger partial charge is 0.444 e. The molecule has 23 heavy (non-hydrogen) atoms. The molecular formula is C18H22N2O3. The molecule has 2 heterocycles. The quantitative estimate of drug-likeness (QED) is 0.881. The average Bonchev–Trinajstić information content (AvgIpc) is 3.29. The minimum atomic E-state index is -0.506. The predicted octanol–water partition coefficient (Wildman–Crippen LogP) is 3.07. The maximum Gasteiger partial charge on any atom is 0.407 e. The third-order valence-corrected chi connectivity index (χ3v) is 3.63. The Kier molecular flexibility index (Phi) is 4.22. The normalized spacial score (nSPS) is 18.5. The molecule has 1 fully saturated rings. The Hall–Kier alpha value is -2.14. The molecule has 1 N–H and O–H groups in total. The van der Waals surface area contributed by atoms with E-state index in [2.05, 4.69) is 16.4 Å². The van der Waals surface area contributed by atoms with E-state index in [1.807, 2.05) is 45.0 Å². The van der Waals surface area contributed by atoms with Gasteiger partial charge in [-0.1, -0.05) is 12.1 Å². The molecule has 0 unspecified atom stereocenters. The van der Waals surface area contributed by atoms with E-state index >= 15 is 0 Å². The molecule has 1 aliphatic rings. The number of pyridine rings is 1. The number of nitrogens with one attached hydrogen (secondary N) is 1. The summed E-state index contributed by atoms with van der Waals surface area (Å²) in [6.07, 6.45) is 2.15. The Morgan fingerprint density at radius 2 is 2.22 bits per heavy atom. The van der Waals surface area contributed by atoms with Crippen molar-refractivity contribution in [2.75, 3.05) is 6.61 Å². The van der Waals surface area contributed by atoms with E-state index in [9.17, 15) is 4.79 Å². The number of hydrogen-bond acceptors (Lipinski definition) is 4. The lowest BCUT2D eigenvalue weighted by Crippen LogP contribution is -2.43. The van der Waals surface area contributed by atoms with Crippen LogP contribution in [0.5, 0.6) is 0 Å². The van der Waals surface area contributed by atoms with Crippen LogP contribution >= 0.6 is 0 Å². The summed E-state index contributed by atoms with van der Waals surface area (Å²) in [5.74, 6) is 0.